The van der Waals surface area contributed by atoms with Gasteiger partial charge in [-0.2, -0.15) is 0 Å². The van der Waals surface area contributed by atoms with Crippen LogP contribution in [0.4, 0.5) is 0 Å². The Hall–Kier alpha value is -1.88. The average molecular weight is 370 g/mol. The van der Waals surface area contributed by atoms with Crippen LogP contribution in [0.25, 0.3) is 5.65 Å². The highest BCUT2D eigenvalue weighted by Gasteiger charge is 2.27. The maximum atomic E-state index is 12.9. The molecule has 27 heavy (non-hydrogen) atoms. The molecule has 1 saturated carbocycles. The van der Waals surface area contributed by atoms with Gasteiger partial charge in [-0.25, -0.2) is 4.98 Å². The predicted molar refractivity (Wildman–Crippen MR) is 106 cm³/mol. The van der Waals surface area contributed by atoms with E-state index in [0.29, 0.717) is 11.7 Å². The van der Waals surface area contributed by atoms with Crippen molar-refractivity contribution in [2.75, 3.05) is 0 Å². The fourth-order valence-corrected chi connectivity index (χ4v) is 4.63. The molecule has 0 bridgehead atoms. The van der Waals surface area contributed by atoms with Crippen LogP contribution >= 0.6 is 0 Å². The summed E-state index contributed by atoms with van der Waals surface area (Å²) < 4.78 is 8.21. The van der Waals surface area contributed by atoms with Gasteiger partial charge in [0.25, 0.3) is 5.91 Å². The van der Waals surface area contributed by atoms with Crippen LogP contribution in [-0.2, 0) is 17.6 Å². The minimum absolute atomic E-state index is 0.00235. The molecule has 0 aliphatic heterocycles. The van der Waals surface area contributed by atoms with Gasteiger partial charge in [0.15, 0.2) is 0 Å². The summed E-state index contributed by atoms with van der Waals surface area (Å²) in [4.78, 5) is 17.7. The van der Waals surface area contributed by atoms with E-state index in [9.17, 15) is 4.79 Å². The van der Waals surface area contributed by atoms with Crippen molar-refractivity contribution in [3.63, 3.8) is 0 Å². The number of nitrogens with one attached hydrogen (secondary N) is 1. The lowest BCUT2D eigenvalue weighted by Gasteiger charge is -2.33. The molecule has 0 radical (unpaired) electrons. The lowest BCUT2D eigenvalue weighted by molar-refractivity contribution is -0.0757. The standard InChI is InChI=1S/C22H31N3O2/c1-14-17-6-5-7-19(17)25-13-12-18(20(25)23-14)21(26)24-15-8-10-16(11-9-15)27-22(2,3)4/h12-13,15-16H,5-11H2,1-4H3,(H,24,26). The molecule has 2 aliphatic carbocycles. The van der Waals surface area contributed by atoms with Crippen LogP contribution in [0.5, 0.6) is 0 Å². The minimum atomic E-state index is -0.101. The first-order valence-corrected chi connectivity index (χ1v) is 10.3. The molecule has 0 atom stereocenters. The summed E-state index contributed by atoms with van der Waals surface area (Å²) in [7, 11) is 0. The zero-order valence-corrected chi connectivity index (χ0v) is 17.0. The minimum Gasteiger partial charge on any atom is -0.373 e. The third-order valence-corrected chi connectivity index (χ3v) is 5.82. The van der Waals surface area contributed by atoms with E-state index in [1.165, 1.54) is 17.7 Å². The van der Waals surface area contributed by atoms with E-state index in [1.807, 2.05) is 12.3 Å². The second-order valence-corrected chi connectivity index (χ2v) is 9.08. The van der Waals surface area contributed by atoms with E-state index < -0.39 is 0 Å². The van der Waals surface area contributed by atoms with Gasteiger partial charge in [0.2, 0.25) is 0 Å². The van der Waals surface area contributed by atoms with E-state index in [2.05, 4.69) is 37.4 Å². The summed E-state index contributed by atoms with van der Waals surface area (Å²) in [6.07, 6.45) is 9.62. The van der Waals surface area contributed by atoms with Crippen molar-refractivity contribution in [1.29, 1.82) is 0 Å². The largest absolute Gasteiger partial charge is 0.373 e. The molecule has 5 heteroatoms. The molecule has 0 saturated heterocycles. The molecule has 146 valence electrons. The van der Waals surface area contributed by atoms with Gasteiger partial charge < -0.3 is 14.5 Å². The topological polar surface area (TPSA) is 55.6 Å². The molecule has 0 aromatic carbocycles. The van der Waals surface area contributed by atoms with Gasteiger partial charge in [0.1, 0.15) is 5.65 Å². The van der Waals surface area contributed by atoms with E-state index in [1.54, 1.807) is 0 Å². The van der Waals surface area contributed by atoms with E-state index in [0.717, 1.165) is 49.9 Å². The molecule has 0 unspecified atom stereocenters. The van der Waals surface area contributed by atoms with Gasteiger partial charge in [0, 0.05) is 23.6 Å². The quantitative estimate of drug-likeness (QED) is 0.890. The van der Waals surface area contributed by atoms with Gasteiger partial charge in [-0.1, -0.05) is 0 Å². The van der Waals surface area contributed by atoms with E-state index >= 15 is 0 Å². The number of aromatic nitrogens is 2. The number of aryl methyl sites for hydroxylation is 2. The summed E-state index contributed by atoms with van der Waals surface area (Å²) in [5.41, 5.74) is 5.16. The molecular formula is C22H31N3O2. The maximum Gasteiger partial charge on any atom is 0.255 e. The highest BCUT2D eigenvalue weighted by molar-refractivity contribution is 6.00. The van der Waals surface area contributed by atoms with Crippen molar-refractivity contribution in [3.05, 3.63) is 34.8 Å². The summed E-state index contributed by atoms with van der Waals surface area (Å²) in [5.74, 6) is 0.00235. The molecule has 2 aromatic rings. The van der Waals surface area contributed by atoms with Gasteiger partial charge in [-0.05, 0) is 84.3 Å². The number of amides is 1. The number of carbonyl (C=O) groups excluding carboxylic acids is 1. The molecular weight excluding hydrogens is 338 g/mol. The number of carbonyl (C=O) groups is 1. The normalized spacial score (nSPS) is 22.8. The fraction of sp³-hybridized carbons (Fsp3) is 0.636. The number of ether oxygens (including phenoxy) is 1. The highest BCUT2D eigenvalue weighted by atomic mass is 16.5. The summed E-state index contributed by atoms with van der Waals surface area (Å²) in [6, 6.07) is 2.15. The van der Waals surface area contributed by atoms with Crippen molar-refractivity contribution in [1.82, 2.24) is 14.7 Å². The van der Waals surface area contributed by atoms with Crippen molar-refractivity contribution in [2.45, 2.75) is 90.4 Å². The van der Waals surface area contributed by atoms with Crippen LogP contribution in [0, 0.1) is 6.92 Å². The molecule has 0 spiro atoms. The number of fused-ring (bicyclic) bond motifs is 3. The van der Waals surface area contributed by atoms with Crippen LogP contribution in [0.1, 0.15) is 80.2 Å². The molecule has 1 fully saturated rings. The first kappa shape index (κ1) is 18.5. The van der Waals surface area contributed by atoms with E-state index in [-0.39, 0.29) is 17.6 Å². The van der Waals surface area contributed by atoms with Crippen LogP contribution in [0.3, 0.4) is 0 Å². The highest BCUT2D eigenvalue weighted by Crippen LogP contribution is 2.28. The molecule has 5 nitrogen and oxygen atoms in total. The van der Waals surface area contributed by atoms with Crippen molar-refractivity contribution in [2.24, 2.45) is 0 Å². The Morgan fingerprint density at radius 1 is 1.22 bits per heavy atom. The van der Waals surface area contributed by atoms with Crippen LogP contribution in [0.2, 0.25) is 0 Å². The molecule has 1 amide bonds. The van der Waals surface area contributed by atoms with Gasteiger partial charge >= 0.3 is 0 Å². The summed E-state index contributed by atoms with van der Waals surface area (Å²) in [5, 5.41) is 3.24. The first-order valence-electron chi connectivity index (χ1n) is 10.3. The molecule has 2 aliphatic rings. The van der Waals surface area contributed by atoms with Crippen molar-refractivity contribution < 1.29 is 9.53 Å². The summed E-state index contributed by atoms with van der Waals surface area (Å²) >= 11 is 0. The number of hydrogen-bond acceptors (Lipinski definition) is 3. The SMILES string of the molecule is Cc1nc2c(C(=O)NC3CCC(OC(C)(C)C)CC3)ccn2c2c1CCC2. The predicted octanol–water partition coefficient (Wildman–Crippen LogP) is 3.99. The second-order valence-electron chi connectivity index (χ2n) is 9.08. The summed E-state index contributed by atoms with van der Waals surface area (Å²) in [6.45, 7) is 8.37. The molecule has 4 rings (SSSR count). The first-order chi connectivity index (χ1) is 12.8. The fourth-order valence-electron chi connectivity index (χ4n) is 4.63. The number of hydrogen-bond donors (Lipinski definition) is 1. The van der Waals surface area contributed by atoms with Crippen molar-refractivity contribution in [3.8, 4) is 0 Å². The zero-order valence-electron chi connectivity index (χ0n) is 17.0. The number of nitrogens with zero attached hydrogens (tertiary/aromatic N) is 2. The van der Waals surface area contributed by atoms with Crippen LogP contribution in [-0.4, -0.2) is 33.0 Å². The smallest absolute Gasteiger partial charge is 0.255 e. The van der Waals surface area contributed by atoms with E-state index in [4.69, 9.17) is 9.72 Å². The Morgan fingerprint density at radius 3 is 2.67 bits per heavy atom. The Morgan fingerprint density at radius 2 is 1.96 bits per heavy atom. The third-order valence-electron chi connectivity index (χ3n) is 5.82. The molecule has 1 N–H and O–H groups in total. The Balaban J connectivity index is 1.45. The molecule has 2 heterocycles. The zero-order chi connectivity index (χ0) is 19.2. The average Bonchev–Trinajstić information content (AvgIpc) is 3.22. The van der Waals surface area contributed by atoms with Gasteiger partial charge in [-0.3, -0.25) is 4.79 Å². The Bertz CT molecular complexity index is 855. The second kappa shape index (κ2) is 6.93. The van der Waals surface area contributed by atoms with Gasteiger partial charge in [-0.15, -0.1) is 0 Å². The monoisotopic (exact) mass is 369 g/mol. The number of rotatable bonds is 3. The molecule has 2 aromatic heterocycles. The van der Waals surface area contributed by atoms with Crippen molar-refractivity contribution >= 4 is 11.6 Å². The lowest BCUT2D eigenvalue weighted by Crippen LogP contribution is -2.40. The van der Waals surface area contributed by atoms with Crippen LogP contribution in [0.15, 0.2) is 12.3 Å². The van der Waals surface area contributed by atoms with Gasteiger partial charge in [0.05, 0.1) is 17.3 Å². The van der Waals surface area contributed by atoms with Crippen LogP contribution < -0.4 is 5.32 Å². The Kier molecular flexibility index (Phi) is 4.75. The maximum absolute atomic E-state index is 12.9. The lowest BCUT2D eigenvalue weighted by atomic mass is 9.92. The Labute approximate surface area is 161 Å². The third kappa shape index (κ3) is 3.75.